The van der Waals surface area contributed by atoms with Crippen LogP contribution in [-0.2, 0) is 0 Å². The van der Waals surface area contributed by atoms with Crippen LogP contribution in [0.4, 0.5) is 0 Å². The van der Waals surface area contributed by atoms with Crippen molar-refractivity contribution < 1.29 is 0 Å². The fourth-order valence-corrected chi connectivity index (χ4v) is 5.38. The SMILES string of the molecule is CCCNC(c1ccc(Cl)cc1Cl)c1cc(Br)sc1Br. The van der Waals surface area contributed by atoms with Gasteiger partial charge in [-0.3, -0.25) is 0 Å². The zero-order valence-electron chi connectivity index (χ0n) is 10.7. The second-order valence-electron chi connectivity index (χ2n) is 4.33. The van der Waals surface area contributed by atoms with Gasteiger partial charge in [0.05, 0.1) is 13.6 Å². The Morgan fingerprint density at radius 2 is 1.95 bits per heavy atom. The maximum absolute atomic E-state index is 6.36. The summed E-state index contributed by atoms with van der Waals surface area (Å²) < 4.78 is 2.19. The summed E-state index contributed by atoms with van der Waals surface area (Å²) in [4.78, 5) is 0. The molecule has 2 rings (SSSR count). The fourth-order valence-electron chi connectivity index (χ4n) is 1.96. The molecule has 1 heterocycles. The van der Waals surface area contributed by atoms with E-state index in [9.17, 15) is 0 Å². The molecular weight excluding hydrogens is 445 g/mol. The summed E-state index contributed by atoms with van der Waals surface area (Å²) in [5.74, 6) is 0. The molecule has 0 aliphatic rings. The fraction of sp³-hybridized carbons (Fsp3) is 0.286. The summed E-state index contributed by atoms with van der Waals surface area (Å²) in [5.41, 5.74) is 2.22. The molecule has 1 aromatic carbocycles. The third-order valence-electron chi connectivity index (χ3n) is 2.87. The predicted molar refractivity (Wildman–Crippen MR) is 96.3 cm³/mol. The molecule has 6 heteroatoms. The summed E-state index contributed by atoms with van der Waals surface area (Å²) in [5, 5.41) is 4.88. The van der Waals surface area contributed by atoms with Gasteiger partial charge in [0.2, 0.25) is 0 Å². The molecule has 1 atom stereocenters. The molecule has 0 radical (unpaired) electrons. The Balaban J connectivity index is 2.44. The molecule has 1 nitrogen and oxygen atoms in total. The lowest BCUT2D eigenvalue weighted by Gasteiger charge is -2.20. The summed E-state index contributed by atoms with van der Waals surface area (Å²) in [6.45, 7) is 3.07. The lowest BCUT2D eigenvalue weighted by molar-refractivity contribution is 0.598. The van der Waals surface area contributed by atoms with Crippen molar-refractivity contribution in [3.63, 3.8) is 0 Å². The Hall–Kier alpha value is 0.420. The number of benzene rings is 1. The zero-order valence-corrected chi connectivity index (χ0v) is 16.2. The Labute approximate surface area is 149 Å². The highest BCUT2D eigenvalue weighted by molar-refractivity contribution is 9.12. The van der Waals surface area contributed by atoms with Gasteiger partial charge in [0.25, 0.3) is 0 Å². The third kappa shape index (κ3) is 3.99. The highest BCUT2D eigenvalue weighted by atomic mass is 79.9. The van der Waals surface area contributed by atoms with Gasteiger partial charge < -0.3 is 5.32 Å². The predicted octanol–water partition coefficient (Wildman–Crippen LogP) is 6.67. The van der Waals surface area contributed by atoms with Crippen LogP contribution in [0.15, 0.2) is 31.8 Å². The van der Waals surface area contributed by atoms with Crippen LogP contribution in [0.1, 0.15) is 30.5 Å². The van der Waals surface area contributed by atoms with Crippen molar-refractivity contribution in [1.29, 1.82) is 0 Å². The Bertz CT molecular complexity index is 601. The Morgan fingerprint density at radius 1 is 1.20 bits per heavy atom. The van der Waals surface area contributed by atoms with E-state index in [4.69, 9.17) is 23.2 Å². The molecule has 0 aliphatic heterocycles. The lowest BCUT2D eigenvalue weighted by atomic mass is 10.0. The van der Waals surface area contributed by atoms with Crippen LogP contribution >= 0.6 is 66.4 Å². The van der Waals surface area contributed by atoms with Crippen molar-refractivity contribution in [2.45, 2.75) is 19.4 Å². The minimum absolute atomic E-state index is 0.0524. The van der Waals surface area contributed by atoms with Crippen molar-refractivity contribution in [3.05, 3.63) is 53.0 Å². The molecule has 0 aliphatic carbocycles. The molecule has 0 fully saturated rings. The van der Waals surface area contributed by atoms with Crippen molar-refractivity contribution in [3.8, 4) is 0 Å². The quantitative estimate of drug-likeness (QED) is 0.528. The van der Waals surface area contributed by atoms with E-state index in [0.717, 1.165) is 26.1 Å². The lowest BCUT2D eigenvalue weighted by Crippen LogP contribution is -2.23. The van der Waals surface area contributed by atoms with Gasteiger partial charge >= 0.3 is 0 Å². The van der Waals surface area contributed by atoms with Gasteiger partial charge in [0, 0.05) is 10.0 Å². The smallest absolute Gasteiger partial charge is 0.0761 e. The second kappa shape index (κ2) is 7.61. The molecule has 0 spiro atoms. The van der Waals surface area contributed by atoms with Gasteiger partial charge in [0.1, 0.15) is 0 Å². The highest BCUT2D eigenvalue weighted by Gasteiger charge is 2.21. The topological polar surface area (TPSA) is 12.0 Å². The first-order chi connectivity index (χ1) is 9.52. The van der Waals surface area contributed by atoms with Crippen molar-refractivity contribution >= 4 is 66.4 Å². The van der Waals surface area contributed by atoms with E-state index >= 15 is 0 Å². The van der Waals surface area contributed by atoms with Crippen LogP contribution in [0.3, 0.4) is 0 Å². The standard InChI is InChI=1S/C14H13Br2Cl2NS/c1-2-5-19-13(10-7-12(15)20-14(10)16)9-4-3-8(17)6-11(9)18/h3-4,6-7,13,19H,2,5H2,1H3. The van der Waals surface area contributed by atoms with Crippen LogP contribution in [0, 0.1) is 0 Å². The van der Waals surface area contributed by atoms with E-state index < -0.39 is 0 Å². The second-order valence-corrected chi connectivity index (χ2v) is 8.93. The average molecular weight is 458 g/mol. The number of hydrogen-bond donors (Lipinski definition) is 1. The minimum atomic E-state index is 0.0524. The summed E-state index contributed by atoms with van der Waals surface area (Å²) in [6.07, 6.45) is 1.06. The number of nitrogens with one attached hydrogen (secondary N) is 1. The first kappa shape index (κ1) is 16.8. The van der Waals surface area contributed by atoms with Gasteiger partial charge in [-0.1, -0.05) is 36.2 Å². The van der Waals surface area contributed by atoms with E-state index in [1.165, 1.54) is 5.56 Å². The summed E-state index contributed by atoms with van der Waals surface area (Å²) in [6, 6.07) is 7.81. The molecule has 0 saturated heterocycles. The summed E-state index contributed by atoms with van der Waals surface area (Å²) in [7, 11) is 0. The van der Waals surface area contributed by atoms with E-state index in [1.807, 2.05) is 12.1 Å². The third-order valence-corrected chi connectivity index (χ3v) is 5.81. The molecule has 1 unspecified atom stereocenters. The maximum Gasteiger partial charge on any atom is 0.0761 e. The number of halogens is 4. The monoisotopic (exact) mass is 455 g/mol. The van der Waals surface area contributed by atoms with Gasteiger partial charge in [-0.15, -0.1) is 11.3 Å². The number of hydrogen-bond acceptors (Lipinski definition) is 2. The van der Waals surface area contributed by atoms with Crippen LogP contribution in [0.5, 0.6) is 0 Å². The van der Waals surface area contributed by atoms with Crippen LogP contribution < -0.4 is 5.32 Å². The minimum Gasteiger partial charge on any atom is -0.306 e. The van der Waals surface area contributed by atoms with Gasteiger partial charge in [-0.2, -0.15) is 0 Å². The molecule has 0 amide bonds. The summed E-state index contributed by atoms with van der Waals surface area (Å²) >= 11 is 21.2. The van der Waals surface area contributed by atoms with E-state index in [-0.39, 0.29) is 6.04 Å². The first-order valence-electron chi connectivity index (χ1n) is 6.16. The Morgan fingerprint density at radius 3 is 2.50 bits per heavy atom. The molecule has 1 N–H and O–H groups in total. The van der Waals surface area contributed by atoms with Gasteiger partial charge in [0.15, 0.2) is 0 Å². The van der Waals surface area contributed by atoms with E-state index in [1.54, 1.807) is 17.4 Å². The average Bonchev–Trinajstić information content (AvgIpc) is 2.71. The van der Waals surface area contributed by atoms with Gasteiger partial charge in [-0.25, -0.2) is 0 Å². The van der Waals surface area contributed by atoms with Crippen molar-refractivity contribution in [2.24, 2.45) is 0 Å². The van der Waals surface area contributed by atoms with E-state index in [2.05, 4.69) is 50.2 Å². The first-order valence-corrected chi connectivity index (χ1v) is 9.31. The molecular formula is C14H13Br2Cl2NS. The number of rotatable bonds is 5. The largest absolute Gasteiger partial charge is 0.306 e. The van der Waals surface area contributed by atoms with Gasteiger partial charge in [-0.05, 0) is 74.2 Å². The molecule has 0 saturated carbocycles. The van der Waals surface area contributed by atoms with Crippen LogP contribution in [0.2, 0.25) is 10.0 Å². The van der Waals surface area contributed by atoms with Crippen LogP contribution in [-0.4, -0.2) is 6.54 Å². The highest BCUT2D eigenvalue weighted by Crippen LogP contribution is 2.39. The molecule has 108 valence electrons. The van der Waals surface area contributed by atoms with E-state index in [0.29, 0.717) is 10.0 Å². The molecule has 0 bridgehead atoms. The van der Waals surface area contributed by atoms with Crippen molar-refractivity contribution in [2.75, 3.05) is 6.54 Å². The molecule has 1 aromatic heterocycles. The molecule has 2 aromatic rings. The number of thiophene rings is 1. The van der Waals surface area contributed by atoms with Crippen molar-refractivity contribution in [1.82, 2.24) is 5.32 Å². The Kier molecular flexibility index (Phi) is 6.39. The normalized spacial score (nSPS) is 12.7. The molecule has 20 heavy (non-hydrogen) atoms. The van der Waals surface area contributed by atoms with Crippen LogP contribution in [0.25, 0.3) is 0 Å². The maximum atomic E-state index is 6.36. The zero-order chi connectivity index (χ0) is 14.7.